The molecular formula is C24H22ClN5O3S2. The Morgan fingerprint density at radius 1 is 1.06 bits per heavy atom. The molecule has 4 N–H and O–H groups in total. The van der Waals surface area contributed by atoms with Gasteiger partial charge >= 0.3 is 6.03 Å². The van der Waals surface area contributed by atoms with E-state index >= 15 is 0 Å². The van der Waals surface area contributed by atoms with Crippen molar-refractivity contribution in [3.63, 3.8) is 0 Å². The lowest BCUT2D eigenvalue weighted by Gasteiger charge is -2.09. The number of anilines is 3. The molecule has 0 saturated heterocycles. The van der Waals surface area contributed by atoms with Gasteiger partial charge in [0, 0.05) is 60.0 Å². The molecule has 2 aromatic heterocycles. The first kappa shape index (κ1) is 24.6. The number of rotatable bonds is 4. The number of hydrogen-bond donors (Lipinski definition) is 3. The predicted molar refractivity (Wildman–Crippen MR) is 145 cm³/mol. The summed E-state index contributed by atoms with van der Waals surface area (Å²) in [4.78, 5) is 29.7. The average molecular weight is 528 g/mol. The summed E-state index contributed by atoms with van der Waals surface area (Å²) >= 11 is 7.51. The van der Waals surface area contributed by atoms with E-state index < -0.39 is 15.6 Å². The minimum atomic E-state index is -2.60. The number of amides is 3. The Morgan fingerprint density at radius 3 is 2.43 bits per heavy atom. The lowest BCUT2D eigenvalue weighted by Crippen LogP contribution is -2.19. The van der Waals surface area contributed by atoms with E-state index in [0.717, 1.165) is 20.5 Å². The molecule has 4 rings (SSSR count). The third-order valence-electron chi connectivity index (χ3n) is 4.92. The monoisotopic (exact) mass is 527 g/mol. The number of benzene rings is 2. The van der Waals surface area contributed by atoms with Crippen LogP contribution < -0.4 is 16.4 Å². The number of carbonyl (C=O) groups excluding carboxylic acids is 2. The van der Waals surface area contributed by atoms with E-state index in [0.29, 0.717) is 22.0 Å². The van der Waals surface area contributed by atoms with Crippen molar-refractivity contribution in [3.8, 4) is 10.4 Å². The average Bonchev–Trinajstić information content (AvgIpc) is 3.18. The third-order valence-corrected chi connectivity index (χ3v) is 7.10. The van der Waals surface area contributed by atoms with E-state index in [1.807, 2.05) is 25.1 Å². The zero-order chi connectivity index (χ0) is 25.3. The van der Waals surface area contributed by atoms with E-state index in [2.05, 4.69) is 20.0 Å². The van der Waals surface area contributed by atoms with Gasteiger partial charge in [-0.2, -0.15) is 4.36 Å². The van der Waals surface area contributed by atoms with E-state index in [4.69, 9.17) is 17.3 Å². The fraction of sp³-hybridized carbons (Fsp3) is 0.125. The molecule has 3 amide bonds. The Kier molecular flexibility index (Phi) is 6.79. The van der Waals surface area contributed by atoms with Gasteiger partial charge in [0.2, 0.25) is 0 Å². The van der Waals surface area contributed by atoms with Gasteiger partial charge in [-0.05, 0) is 66.4 Å². The summed E-state index contributed by atoms with van der Waals surface area (Å²) in [6.07, 6.45) is 4.11. The van der Waals surface area contributed by atoms with Crippen LogP contribution in [0.25, 0.3) is 20.5 Å². The Hall–Kier alpha value is -3.47. The minimum absolute atomic E-state index is 0.208. The molecule has 2 aromatic carbocycles. The molecule has 11 heteroatoms. The molecule has 0 atom stereocenters. The number of fused-ring (bicyclic) bond motifs is 1. The van der Waals surface area contributed by atoms with Crippen LogP contribution in [0.4, 0.5) is 22.0 Å². The molecular weight excluding hydrogens is 506 g/mol. The normalized spacial score (nSPS) is 11.3. The smallest absolute Gasteiger partial charge is 0.323 e. The van der Waals surface area contributed by atoms with Crippen molar-refractivity contribution in [1.29, 1.82) is 0 Å². The Morgan fingerprint density at radius 2 is 1.74 bits per heavy atom. The summed E-state index contributed by atoms with van der Waals surface area (Å²) < 4.78 is 16.6. The van der Waals surface area contributed by atoms with Gasteiger partial charge in [-0.1, -0.05) is 11.6 Å². The van der Waals surface area contributed by atoms with Crippen LogP contribution in [-0.2, 0) is 9.73 Å². The first-order valence-corrected chi connectivity index (χ1v) is 13.9. The maximum absolute atomic E-state index is 12.4. The summed E-state index contributed by atoms with van der Waals surface area (Å²) in [6.45, 7) is 1.86. The largest absolute Gasteiger partial charge is 0.383 e. The van der Waals surface area contributed by atoms with Crippen LogP contribution in [0.15, 0.2) is 59.1 Å². The molecule has 180 valence electrons. The van der Waals surface area contributed by atoms with E-state index in [-0.39, 0.29) is 17.4 Å². The highest BCUT2D eigenvalue weighted by Gasteiger charge is 2.14. The second kappa shape index (κ2) is 9.65. The van der Waals surface area contributed by atoms with Crippen LogP contribution in [0.1, 0.15) is 15.9 Å². The molecule has 0 aliphatic heterocycles. The lowest BCUT2D eigenvalue weighted by atomic mass is 10.1. The van der Waals surface area contributed by atoms with Gasteiger partial charge in [0.1, 0.15) is 5.82 Å². The van der Waals surface area contributed by atoms with Crippen LogP contribution in [0.2, 0.25) is 5.02 Å². The number of halogens is 1. The molecule has 35 heavy (non-hydrogen) atoms. The fourth-order valence-electron chi connectivity index (χ4n) is 3.31. The zero-order valence-electron chi connectivity index (χ0n) is 19.1. The molecule has 8 nitrogen and oxygen atoms in total. The Bertz CT molecular complexity index is 1600. The number of thiophene rings is 1. The number of aryl methyl sites for hydroxylation is 1. The van der Waals surface area contributed by atoms with Gasteiger partial charge in [0.15, 0.2) is 0 Å². The van der Waals surface area contributed by atoms with Crippen LogP contribution in [0, 0.1) is 6.92 Å². The van der Waals surface area contributed by atoms with Crippen molar-refractivity contribution in [2.75, 3.05) is 28.9 Å². The second-order valence-electron chi connectivity index (χ2n) is 8.14. The summed E-state index contributed by atoms with van der Waals surface area (Å²) in [5, 5.41) is 7.12. The highest BCUT2D eigenvalue weighted by atomic mass is 35.5. The van der Waals surface area contributed by atoms with Gasteiger partial charge < -0.3 is 16.4 Å². The molecule has 0 radical (unpaired) electrons. The molecule has 2 heterocycles. The van der Waals surface area contributed by atoms with Gasteiger partial charge in [0.05, 0.1) is 5.56 Å². The third kappa shape index (κ3) is 5.97. The number of carbonyl (C=O) groups is 2. The maximum Gasteiger partial charge on any atom is 0.323 e. The van der Waals surface area contributed by atoms with E-state index in [9.17, 15) is 13.8 Å². The molecule has 0 spiro atoms. The zero-order valence-corrected chi connectivity index (χ0v) is 21.5. The van der Waals surface area contributed by atoms with Gasteiger partial charge in [-0.3, -0.25) is 4.79 Å². The van der Waals surface area contributed by atoms with Crippen molar-refractivity contribution in [1.82, 2.24) is 4.98 Å². The first-order chi connectivity index (χ1) is 16.5. The quantitative estimate of drug-likeness (QED) is 0.299. The van der Waals surface area contributed by atoms with Crippen LogP contribution in [0.3, 0.4) is 0 Å². The van der Waals surface area contributed by atoms with Crippen LogP contribution in [0.5, 0.6) is 0 Å². The predicted octanol–water partition coefficient (Wildman–Crippen LogP) is 6.02. The van der Waals surface area contributed by atoms with Crippen LogP contribution >= 0.6 is 22.9 Å². The van der Waals surface area contributed by atoms with Crippen LogP contribution in [-0.4, -0.2) is 33.6 Å². The van der Waals surface area contributed by atoms with Gasteiger partial charge in [0.25, 0.3) is 5.91 Å². The molecule has 0 fully saturated rings. The molecule has 0 unspecified atom stereocenters. The summed E-state index contributed by atoms with van der Waals surface area (Å²) in [5.41, 5.74) is 8.98. The Balaban J connectivity index is 1.58. The van der Waals surface area contributed by atoms with E-state index in [1.165, 1.54) is 30.0 Å². The summed E-state index contributed by atoms with van der Waals surface area (Å²) in [6, 6.07) is 13.9. The molecule has 0 aliphatic rings. The first-order valence-electron chi connectivity index (χ1n) is 10.3. The lowest BCUT2D eigenvalue weighted by molar-refractivity contribution is 0.100. The molecule has 0 bridgehead atoms. The van der Waals surface area contributed by atoms with E-state index in [1.54, 1.807) is 30.3 Å². The molecule has 4 aromatic rings. The maximum atomic E-state index is 12.4. The number of nitrogens with two attached hydrogens (primary N) is 1. The number of nitrogens with zero attached hydrogens (tertiary/aromatic N) is 2. The van der Waals surface area contributed by atoms with Gasteiger partial charge in [-0.15, -0.1) is 11.3 Å². The minimum Gasteiger partial charge on any atom is -0.383 e. The number of pyridine rings is 1. The molecule has 0 saturated carbocycles. The standard InChI is InChI=1S/C24H22ClN5O3S2/c1-13-8-16(4-6-19(13)25)28-24(32)29-17-5-7-20-14(9-17)11-21(34-20)18-10-15(12-27-22(18)26)23(31)30-35(2,3)33/h4-12H,1-3H3,(H2,26,27)(H2,28,29,32). The summed E-state index contributed by atoms with van der Waals surface area (Å²) in [5.74, 6) is -0.346. The summed E-state index contributed by atoms with van der Waals surface area (Å²) in [7, 11) is -2.60. The number of nitrogens with one attached hydrogen (secondary N) is 2. The van der Waals surface area contributed by atoms with Crippen molar-refractivity contribution in [2.45, 2.75) is 6.92 Å². The highest BCUT2D eigenvalue weighted by Crippen LogP contribution is 2.37. The number of hydrogen-bond acceptors (Lipinski definition) is 6. The Labute approximate surface area is 211 Å². The fourth-order valence-corrected chi connectivity index (χ4v) is 5.00. The SMILES string of the molecule is Cc1cc(NC(=O)Nc2ccc3sc(-c4cc(C(=O)N=S(C)(C)=O)cnc4N)cc3c2)ccc1Cl. The van der Waals surface area contributed by atoms with Crippen molar-refractivity contribution in [3.05, 3.63) is 70.9 Å². The van der Waals surface area contributed by atoms with Crippen molar-refractivity contribution < 1.29 is 13.8 Å². The highest BCUT2D eigenvalue weighted by molar-refractivity contribution is 7.92. The van der Waals surface area contributed by atoms with Gasteiger partial charge in [-0.25, -0.2) is 14.0 Å². The number of nitrogen functional groups attached to an aromatic ring is 1. The number of urea groups is 1. The van der Waals surface area contributed by atoms with Crippen molar-refractivity contribution >= 4 is 71.9 Å². The second-order valence-corrected chi connectivity index (χ2v) is 12.2. The molecule has 0 aliphatic carbocycles. The topological polar surface area (TPSA) is 127 Å². The van der Waals surface area contributed by atoms with Crippen molar-refractivity contribution in [2.24, 2.45) is 4.36 Å². The number of aromatic nitrogens is 1.